The summed E-state index contributed by atoms with van der Waals surface area (Å²) in [6.07, 6.45) is 0. The fourth-order valence-electron chi connectivity index (χ4n) is 3.77. The van der Waals surface area contributed by atoms with E-state index in [1.54, 1.807) is 24.3 Å². The highest BCUT2D eigenvalue weighted by molar-refractivity contribution is 7.92. The van der Waals surface area contributed by atoms with E-state index in [0.717, 1.165) is 16.0 Å². The lowest BCUT2D eigenvalue weighted by Crippen LogP contribution is -2.26. The second kappa shape index (κ2) is 11.7. The lowest BCUT2D eigenvalue weighted by atomic mass is 10.2. The van der Waals surface area contributed by atoms with E-state index in [2.05, 4.69) is 4.99 Å². The maximum absolute atomic E-state index is 13.1. The molecular weight excluding hydrogens is 510 g/mol. The third-order valence-corrected chi connectivity index (χ3v) is 8.55. The standard InChI is InChI=1S/C27H29N3O5S2/c1-4-34-18-17-30-24-16-13-22(35-5-2)19-25(24)36-27(30)28-26(31)20-11-14-23(15-12-20)37(32,33)29(3)21-9-7-6-8-10-21/h6-16,19H,4-5,17-18H2,1-3H3. The molecule has 0 bridgehead atoms. The molecule has 194 valence electrons. The summed E-state index contributed by atoms with van der Waals surface area (Å²) in [7, 11) is -2.28. The molecule has 1 amide bonds. The summed E-state index contributed by atoms with van der Waals surface area (Å²) in [6, 6.07) is 20.4. The quantitative estimate of drug-likeness (QED) is 0.273. The molecule has 0 aliphatic rings. The highest BCUT2D eigenvalue weighted by Gasteiger charge is 2.21. The Bertz CT molecular complexity index is 1540. The molecule has 4 rings (SSSR count). The van der Waals surface area contributed by atoms with Crippen LogP contribution in [-0.4, -0.2) is 45.8 Å². The average molecular weight is 540 g/mol. The van der Waals surface area contributed by atoms with Crippen LogP contribution in [-0.2, 0) is 21.3 Å². The molecular formula is C27H29N3O5S2. The number of carbonyl (C=O) groups excluding carboxylic acids is 1. The maximum Gasteiger partial charge on any atom is 0.279 e. The van der Waals surface area contributed by atoms with Gasteiger partial charge in [-0.2, -0.15) is 4.99 Å². The van der Waals surface area contributed by atoms with E-state index in [0.29, 0.717) is 42.4 Å². The van der Waals surface area contributed by atoms with Crippen molar-refractivity contribution in [2.24, 2.45) is 4.99 Å². The molecule has 0 aliphatic carbocycles. The maximum atomic E-state index is 13.1. The molecule has 0 aliphatic heterocycles. The number of rotatable bonds is 10. The van der Waals surface area contributed by atoms with Gasteiger partial charge in [0.15, 0.2) is 4.80 Å². The number of aromatic nitrogens is 1. The zero-order valence-electron chi connectivity index (χ0n) is 21.0. The van der Waals surface area contributed by atoms with Crippen LogP contribution in [0.4, 0.5) is 5.69 Å². The van der Waals surface area contributed by atoms with Gasteiger partial charge >= 0.3 is 0 Å². The molecule has 10 heteroatoms. The van der Waals surface area contributed by atoms with Crippen molar-refractivity contribution in [3.05, 3.63) is 83.2 Å². The molecule has 0 saturated carbocycles. The molecule has 3 aromatic carbocycles. The number of para-hydroxylation sites is 1. The first-order valence-corrected chi connectivity index (χ1v) is 14.2. The minimum absolute atomic E-state index is 0.0903. The monoisotopic (exact) mass is 539 g/mol. The average Bonchev–Trinajstić information content (AvgIpc) is 3.25. The van der Waals surface area contributed by atoms with Gasteiger partial charge in [0.1, 0.15) is 5.75 Å². The van der Waals surface area contributed by atoms with E-state index in [1.165, 1.54) is 47.0 Å². The van der Waals surface area contributed by atoms with Crippen LogP contribution in [0.1, 0.15) is 24.2 Å². The topological polar surface area (TPSA) is 90.2 Å². The summed E-state index contributed by atoms with van der Waals surface area (Å²) in [5.41, 5.74) is 1.78. The SMILES string of the molecule is CCOCCn1c(=NC(=O)c2ccc(S(=O)(=O)N(C)c3ccccc3)cc2)sc2cc(OCC)ccc21. The van der Waals surface area contributed by atoms with Crippen molar-refractivity contribution < 1.29 is 22.7 Å². The molecule has 4 aromatic rings. The summed E-state index contributed by atoms with van der Waals surface area (Å²) in [4.78, 5) is 18.1. The van der Waals surface area contributed by atoms with E-state index >= 15 is 0 Å². The summed E-state index contributed by atoms with van der Waals surface area (Å²) in [6.45, 7) is 6.04. The first-order valence-electron chi connectivity index (χ1n) is 11.9. The van der Waals surface area contributed by atoms with Crippen LogP contribution in [0, 0.1) is 0 Å². The molecule has 1 heterocycles. The van der Waals surface area contributed by atoms with Crippen LogP contribution < -0.4 is 13.8 Å². The molecule has 0 N–H and O–H groups in total. The molecule has 0 saturated heterocycles. The van der Waals surface area contributed by atoms with E-state index in [-0.39, 0.29) is 4.90 Å². The number of fused-ring (bicyclic) bond motifs is 1. The largest absolute Gasteiger partial charge is 0.494 e. The Balaban J connectivity index is 1.64. The van der Waals surface area contributed by atoms with Crippen LogP contribution in [0.5, 0.6) is 5.75 Å². The molecule has 0 fully saturated rings. The molecule has 0 atom stereocenters. The minimum atomic E-state index is -3.78. The van der Waals surface area contributed by atoms with E-state index in [9.17, 15) is 13.2 Å². The van der Waals surface area contributed by atoms with Crippen molar-refractivity contribution in [2.75, 3.05) is 31.2 Å². The predicted molar refractivity (Wildman–Crippen MR) is 146 cm³/mol. The Morgan fingerprint density at radius 1 is 1.00 bits per heavy atom. The Kier molecular flexibility index (Phi) is 8.42. The van der Waals surface area contributed by atoms with Gasteiger partial charge in [0.05, 0.1) is 34.0 Å². The van der Waals surface area contributed by atoms with E-state index in [1.807, 2.05) is 42.7 Å². The molecule has 37 heavy (non-hydrogen) atoms. The van der Waals surface area contributed by atoms with Crippen LogP contribution in [0.15, 0.2) is 82.7 Å². The Morgan fingerprint density at radius 3 is 2.41 bits per heavy atom. The van der Waals surface area contributed by atoms with Gasteiger partial charge in [-0.1, -0.05) is 29.5 Å². The number of anilines is 1. The highest BCUT2D eigenvalue weighted by atomic mass is 32.2. The number of thiazole rings is 1. The van der Waals surface area contributed by atoms with Crippen molar-refractivity contribution in [2.45, 2.75) is 25.3 Å². The van der Waals surface area contributed by atoms with Crippen LogP contribution >= 0.6 is 11.3 Å². The van der Waals surface area contributed by atoms with Crippen molar-refractivity contribution in [1.29, 1.82) is 0 Å². The fourth-order valence-corrected chi connectivity index (χ4v) is 6.05. The molecule has 0 spiro atoms. The molecule has 0 unspecified atom stereocenters. The van der Waals surface area contributed by atoms with Crippen molar-refractivity contribution >= 4 is 43.2 Å². The Morgan fingerprint density at radius 2 is 1.73 bits per heavy atom. The number of sulfonamides is 1. The Labute approximate surface area is 220 Å². The van der Waals surface area contributed by atoms with Crippen LogP contribution in [0.2, 0.25) is 0 Å². The third-order valence-electron chi connectivity index (χ3n) is 5.71. The number of hydrogen-bond acceptors (Lipinski definition) is 6. The summed E-state index contributed by atoms with van der Waals surface area (Å²) < 4.78 is 41.3. The number of benzene rings is 3. The van der Waals surface area contributed by atoms with Gasteiger partial charge in [0.25, 0.3) is 15.9 Å². The summed E-state index contributed by atoms with van der Waals surface area (Å²) in [5.74, 6) is 0.297. The summed E-state index contributed by atoms with van der Waals surface area (Å²) >= 11 is 1.39. The first-order chi connectivity index (χ1) is 17.8. The first kappa shape index (κ1) is 26.6. The van der Waals surface area contributed by atoms with Gasteiger partial charge in [-0.15, -0.1) is 0 Å². The molecule has 8 nitrogen and oxygen atoms in total. The number of nitrogens with zero attached hydrogens (tertiary/aromatic N) is 3. The van der Waals surface area contributed by atoms with Gasteiger partial charge in [0.2, 0.25) is 0 Å². The zero-order chi connectivity index (χ0) is 26.4. The number of carbonyl (C=O) groups is 1. The van der Waals surface area contributed by atoms with E-state index in [4.69, 9.17) is 9.47 Å². The van der Waals surface area contributed by atoms with Gasteiger partial charge in [-0.3, -0.25) is 9.10 Å². The number of amides is 1. The third kappa shape index (κ3) is 5.93. The van der Waals surface area contributed by atoms with Crippen LogP contribution in [0.3, 0.4) is 0 Å². The smallest absolute Gasteiger partial charge is 0.279 e. The van der Waals surface area contributed by atoms with Gasteiger partial charge in [-0.05, 0) is 68.4 Å². The number of hydrogen-bond donors (Lipinski definition) is 0. The molecule has 0 radical (unpaired) electrons. The molecule has 1 aromatic heterocycles. The zero-order valence-corrected chi connectivity index (χ0v) is 22.6. The predicted octanol–water partition coefficient (Wildman–Crippen LogP) is 4.70. The Hall–Kier alpha value is -3.47. The van der Waals surface area contributed by atoms with Crippen molar-refractivity contribution in [3.8, 4) is 5.75 Å². The van der Waals surface area contributed by atoms with Crippen molar-refractivity contribution in [3.63, 3.8) is 0 Å². The van der Waals surface area contributed by atoms with Gasteiger partial charge in [0, 0.05) is 25.8 Å². The second-order valence-electron chi connectivity index (χ2n) is 8.05. The lowest BCUT2D eigenvalue weighted by molar-refractivity contribution is 0.0996. The van der Waals surface area contributed by atoms with Gasteiger partial charge in [-0.25, -0.2) is 8.42 Å². The minimum Gasteiger partial charge on any atom is -0.494 e. The van der Waals surface area contributed by atoms with Gasteiger partial charge < -0.3 is 14.0 Å². The highest BCUT2D eigenvalue weighted by Crippen LogP contribution is 2.24. The van der Waals surface area contributed by atoms with Crippen molar-refractivity contribution in [1.82, 2.24) is 4.57 Å². The van der Waals surface area contributed by atoms with E-state index < -0.39 is 15.9 Å². The second-order valence-corrected chi connectivity index (χ2v) is 11.0. The normalized spacial score (nSPS) is 12.1. The van der Waals surface area contributed by atoms with Crippen LogP contribution in [0.25, 0.3) is 10.2 Å². The fraction of sp³-hybridized carbons (Fsp3) is 0.259. The summed E-state index contributed by atoms with van der Waals surface area (Å²) in [5, 5.41) is 0. The lowest BCUT2D eigenvalue weighted by Gasteiger charge is -2.19. The number of ether oxygens (including phenoxy) is 2.